The Kier molecular flexibility index (Phi) is 4.09. The molecule has 0 heterocycles. The van der Waals surface area contributed by atoms with Gasteiger partial charge in [0.05, 0.1) is 0 Å². The van der Waals surface area contributed by atoms with E-state index in [4.69, 9.17) is 0 Å². The average molecular weight is 252 g/mol. The van der Waals surface area contributed by atoms with Gasteiger partial charge in [-0.1, -0.05) is 47.0 Å². The largest absolute Gasteiger partial charge is 0.0564 e. The predicted octanol–water partition coefficient (Wildman–Crippen LogP) is 5.01. The molecule has 0 bridgehead atoms. The van der Waals surface area contributed by atoms with Gasteiger partial charge in [-0.3, -0.25) is 0 Å². The molecule has 0 spiro atoms. The van der Waals surface area contributed by atoms with E-state index in [1.165, 1.54) is 38.9 Å². The van der Waals surface area contributed by atoms with E-state index in [1.54, 1.807) is 0 Å². The van der Waals surface area contributed by atoms with Crippen LogP contribution in [0.5, 0.6) is 0 Å². The summed E-state index contributed by atoms with van der Waals surface area (Å²) < 4.78 is 0. The number of aryl methyl sites for hydroxylation is 6. The van der Waals surface area contributed by atoms with Crippen molar-refractivity contribution in [2.45, 2.75) is 47.5 Å². The SMILES string of the molecule is Cc1cc(C)cc(CCc2cc(C)cc(C)c2C)c1. The molecule has 0 aliphatic rings. The Hall–Kier alpha value is -1.56. The van der Waals surface area contributed by atoms with E-state index >= 15 is 0 Å². The van der Waals surface area contributed by atoms with Gasteiger partial charge in [0.25, 0.3) is 0 Å². The minimum atomic E-state index is 1.13. The summed E-state index contributed by atoms with van der Waals surface area (Å²) in [6.45, 7) is 11.0. The molecule has 100 valence electrons. The van der Waals surface area contributed by atoms with Crippen molar-refractivity contribution >= 4 is 0 Å². The third-order valence-corrected chi connectivity index (χ3v) is 3.88. The topological polar surface area (TPSA) is 0 Å². The molecule has 0 N–H and O–H groups in total. The molecule has 2 rings (SSSR count). The molecule has 0 atom stereocenters. The predicted molar refractivity (Wildman–Crippen MR) is 84.0 cm³/mol. The lowest BCUT2D eigenvalue weighted by Crippen LogP contribution is -1.98. The van der Waals surface area contributed by atoms with Crippen LogP contribution in [0.25, 0.3) is 0 Å². The second-order valence-corrected chi connectivity index (χ2v) is 5.86. The van der Waals surface area contributed by atoms with Crippen molar-refractivity contribution < 1.29 is 0 Å². The summed E-state index contributed by atoms with van der Waals surface area (Å²) in [5.74, 6) is 0. The first-order valence-corrected chi connectivity index (χ1v) is 7.09. The van der Waals surface area contributed by atoms with E-state index in [0.29, 0.717) is 0 Å². The number of hydrogen-bond donors (Lipinski definition) is 0. The first kappa shape index (κ1) is 13.9. The zero-order chi connectivity index (χ0) is 14.0. The molecule has 0 nitrogen and oxygen atoms in total. The van der Waals surface area contributed by atoms with E-state index in [-0.39, 0.29) is 0 Å². The van der Waals surface area contributed by atoms with Crippen LogP contribution >= 0.6 is 0 Å². The first-order chi connectivity index (χ1) is 8.95. The minimum absolute atomic E-state index is 1.13. The van der Waals surface area contributed by atoms with Crippen LogP contribution in [0.2, 0.25) is 0 Å². The fourth-order valence-corrected chi connectivity index (χ4v) is 2.88. The number of benzene rings is 2. The molecule has 0 saturated heterocycles. The van der Waals surface area contributed by atoms with Crippen LogP contribution in [0.3, 0.4) is 0 Å². The van der Waals surface area contributed by atoms with Crippen molar-refractivity contribution in [1.29, 1.82) is 0 Å². The summed E-state index contributed by atoms with van der Waals surface area (Å²) in [4.78, 5) is 0. The molecule has 0 aromatic heterocycles. The Morgan fingerprint density at radius 3 is 1.84 bits per heavy atom. The van der Waals surface area contributed by atoms with Gasteiger partial charge in [0.2, 0.25) is 0 Å². The standard InChI is InChI=1S/C19H24/c1-13-8-14(2)11-18(10-13)6-7-19-12-15(3)9-16(4)17(19)5/h8-12H,6-7H2,1-5H3. The summed E-state index contributed by atoms with van der Waals surface area (Å²) >= 11 is 0. The number of hydrogen-bond acceptors (Lipinski definition) is 0. The van der Waals surface area contributed by atoms with Crippen molar-refractivity contribution in [3.05, 3.63) is 69.3 Å². The van der Waals surface area contributed by atoms with Crippen molar-refractivity contribution in [3.63, 3.8) is 0 Å². The van der Waals surface area contributed by atoms with E-state index in [2.05, 4.69) is 65.0 Å². The molecular formula is C19H24. The van der Waals surface area contributed by atoms with Crippen LogP contribution < -0.4 is 0 Å². The van der Waals surface area contributed by atoms with Crippen molar-refractivity contribution in [2.24, 2.45) is 0 Å². The molecular weight excluding hydrogens is 228 g/mol. The van der Waals surface area contributed by atoms with Crippen LogP contribution in [-0.2, 0) is 12.8 Å². The van der Waals surface area contributed by atoms with Gasteiger partial charge < -0.3 is 0 Å². The monoisotopic (exact) mass is 252 g/mol. The normalized spacial score (nSPS) is 10.8. The van der Waals surface area contributed by atoms with Crippen LogP contribution in [0, 0.1) is 34.6 Å². The maximum atomic E-state index is 2.34. The maximum absolute atomic E-state index is 2.34. The third-order valence-electron chi connectivity index (χ3n) is 3.88. The maximum Gasteiger partial charge on any atom is -0.0235 e. The third kappa shape index (κ3) is 3.47. The van der Waals surface area contributed by atoms with Gasteiger partial charge in [-0.2, -0.15) is 0 Å². The zero-order valence-corrected chi connectivity index (χ0v) is 12.8. The van der Waals surface area contributed by atoms with E-state index in [0.717, 1.165) is 12.8 Å². The van der Waals surface area contributed by atoms with Gasteiger partial charge in [0, 0.05) is 0 Å². The van der Waals surface area contributed by atoms with Crippen LogP contribution in [0.4, 0.5) is 0 Å². The molecule has 0 unspecified atom stereocenters. The highest BCUT2D eigenvalue weighted by Crippen LogP contribution is 2.19. The zero-order valence-electron chi connectivity index (χ0n) is 12.8. The molecule has 0 aliphatic heterocycles. The number of rotatable bonds is 3. The summed E-state index contributed by atoms with van der Waals surface area (Å²) in [6, 6.07) is 11.5. The van der Waals surface area contributed by atoms with Gasteiger partial charge in [-0.15, -0.1) is 0 Å². The quantitative estimate of drug-likeness (QED) is 0.720. The lowest BCUT2D eigenvalue weighted by Gasteiger charge is -2.11. The van der Waals surface area contributed by atoms with Crippen LogP contribution in [0.1, 0.15) is 38.9 Å². The molecule has 2 aromatic carbocycles. The van der Waals surface area contributed by atoms with Crippen molar-refractivity contribution in [2.75, 3.05) is 0 Å². The van der Waals surface area contributed by atoms with E-state index in [1.807, 2.05) is 0 Å². The highest BCUT2D eigenvalue weighted by molar-refractivity contribution is 5.38. The second kappa shape index (κ2) is 5.61. The summed E-state index contributed by atoms with van der Waals surface area (Å²) in [6.07, 6.45) is 2.27. The molecule has 0 aliphatic carbocycles. The van der Waals surface area contributed by atoms with Crippen LogP contribution in [-0.4, -0.2) is 0 Å². The fraction of sp³-hybridized carbons (Fsp3) is 0.368. The van der Waals surface area contributed by atoms with Gasteiger partial charge in [-0.05, 0) is 69.7 Å². The molecule has 0 radical (unpaired) electrons. The highest BCUT2D eigenvalue weighted by atomic mass is 14.1. The summed E-state index contributed by atoms with van der Waals surface area (Å²) in [7, 11) is 0. The summed E-state index contributed by atoms with van der Waals surface area (Å²) in [5, 5.41) is 0. The van der Waals surface area contributed by atoms with Crippen molar-refractivity contribution in [3.8, 4) is 0 Å². The molecule has 0 fully saturated rings. The minimum Gasteiger partial charge on any atom is -0.0564 e. The first-order valence-electron chi connectivity index (χ1n) is 7.09. The molecule has 0 amide bonds. The fourth-order valence-electron chi connectivity index (χ4n) is 2.88. The average Bonchev–Trinajstić information content (AvgIpc) is 2.30. The van der Waals surface area contributed by atoms with Gasteiger partial charge in [0.15, 0.2) is 0 Å². The van der Waals surface area contributed by atoms with Gasteiger partial charge >= 0.3 is 0 Å². The summed E-state index contributed by atoms with van der Waals surface area (Å²) in [5.41, 5.74) is 9.93. The van der Waals surface area contributed by atoms with E-state index in [9.17, 15) is 0 Å². The smallest absolute Gasteiger partial charge is 0.0235 e. The molecule has 0 heteroatoms. The lowest BCUT2D eigenvalue weighted by atomic mass is 9.94. The molecule has 0 saturated carbocycles. The Morgan fingerprint density at radius 1 is 0.632 bits per heavy atom. The van der Waals surface area contributed by atoms with Crippen molar-refractivity contribution in [1.82, 2.24) is 0 Å². The Bertz CT molecular complexity index is 571. The second-order valence-electron chi connectivity index (χ2n) is 5.86. The Balaban J connectivity index is 2.19. The molecule has 2 aromatic rings. The highest BCUT2D eigenvalue weighted by Gasteiger charge is 2.04. The van der Waals surface area contributed by atoms with Gasteiger partial charge in [0.1, 0.15) is 0 Å². The van der Waals surface area contributed by atoms with Crippen LogP contribution in [0.15, 0.2) is 30.3 Å². The Labute approximate surface area is 117 Å². The molecule has 19 heavy (non-hydrogen) atoms. The van der Waals surface area contributed by atoms with Gasteiger partial charge in [-0.25, -0.2) is 0 Å². The Morgan fingerprint density at radius 2 is 1.21 bits per heavy atom. The lowest BCUT2D eigenvalue weighted by molar-refractivity contribution is 0.938. The van der Waals surface area contributed by atoms with E-state index < -0.39 is 0 Å².